The second-order valence-electron chi connectivity index (χ2n) is 6.71. The van der Waals surface area contributed by atoms with Crippen LogP contribution in [0.2, 0.25) is 0 Å². The van der Waals surface area contributed by atoms with Gasteiger partial charge in [-0.3, -0.25) is 9.59 Å². The summed E-state index contributed by atoms with van der Waals surface area (Å²) < 4.78 is 19.0. The third-order valence-electron chi connectivity index (χ3n) is 4.55. The van der Waals surface area contributed by atoms with E-state index in [1.807, 2.05) is 13.8 Å². The van der Waals surface area contributed by atoms with Crippen LogP contribution in [0.3, 0.4) is 0 Å². The molecule has 1 aliphatic heterocycles. The van der Waals surface area contributed by atoms with Gasteiger partial charge in [-0.2, -0.15) is 0 Å². The van der Waals surface area contributed by atoms with E-state index in [-0.39, 0.29) is 35.5 Å². The lowest BCUT2D eigenvalue weighted by molar-refractivity contribution is 0.0602. The molecular weight excluding hydrogens is 323 g/mol. The van der Waals surface area contributed by atoms with Crippen molar-refractivity contribution in [2.24, 2.45) is 5.92 Å². The molecule has 1 aromatic carbocycles. The predicted molar refractivity (Wildman–Crippen MR) is 90.0 cm³/mol. The van der Waals surface area contributed by atoms with Crippen molar-refractivity contribution < 1.29 is 18.5 Å². The van der Waals surface area contributed by atoms with Gasteiger partial charge in [-0.1, -0.05) is 31.1 Å². The highest BCUT2D eigenvalue weighted by Crippen LogP contribution is 2.24. The number of rotatable bonds is 4. The zero-order valence-corrected chi connectivity index (χ0v) is 14.4. The number of halogens is 1. The maximum atomic E-state index is 13.9. The molecule has 3 rings (SSSR count). The van der Waals surface area contributed by atoms with Crippen LogP contribution >= 0.6 is 0 Å². The lowest BCUT2D eigenvalue weighted by Crippen LogP contribution is -2.42. The first-order valence-electron chi connectivity index (χ1n) is 8.52. The van der Waals surface area contributed by atoms with Gasteiger partial charge in [0.15, 0.2) is 5.78 Å². The van der Waals surface area contributed by atoms with Gasteiger partial charge in [0.05, 0.1) is 11.3 Å². The molecule has 132 valence electrons. The Bertz CT molecular complexity index is 784. The van der Waals surface area contributed by atoms with E-state index < -0.39 is 11.7 Å². The molecule has 0 spiro atoms. The molecule has 1 atom stereocenters. The number of carbonyl (C=O) groups excluding carboxylic acids is 2. The van der Waals surface area contributed by atoms with E-state index in [0.717, 1.165) is 5.69 Å². The highest BCUT2D eigenvalue weighted by Gasteiger charge is 2.32. The molecule has 1 fully saturated rings. The van der Waals surface area contributed by atoms with Gasteiger partial charge in [-0.25, -0.2) is 4.39 Å². The summed E-state index contributed by atoms with van der Waals surface area (Å²) in [5.41, 5.74) is 0.808. The Labute approximate surface area is 145 Å². The third-order valence-corrected chi connectivity index (χ3v) is 4.55. The van der Waals surface area contributed by atoms with E-state index in [4.69, 9.17) is 4.52 Å². The van der Waals surface area contributed by atoms with Crippen LogP contribution in [0, 0.1) is 11.7 Å². The van der Waals surface area contributed by atoms with Crippen LogP contribution in [-0.4, -0.2) is 34.8 Å². The van der Waals surface area contributed by atoms with Gasteiger partial charge in [0.25, 0.3) is 5.91 Å². The number of benzene rings is 1. The number of nitrogens with zero attached hydrogens (tertiary/aromatic N) is 2. The largest absolute Gasteiger partial charge is 0.351 e. The van der Waals surface area contributed by atoms with Gasteiger partial charge >= 0.3 is 0 Å². The molecule has 1 aliphatic rings. The summed E-state index contributed by atoms with van der Waals surface area (Å²) in [4.78, 5) is 26.8. The van der Waals surface area contributed by atoms with E-state index in [0.29, 0.717) is 19.4 Å². The Morgan fingerprint density at radius 1 is 1.32 bits per heavy atom. The number of amides is 1. The molecule has 1 amide bonds. The fraction of sp³-hybridized carbons (Fsp3) is 0.421. The normalized spacial score (nSPS) is 17.8. The molecular formula is C19H21FN2O3. The van der Waals surface area contributed by atoms with Gasteiger partial charge in [0.1, 0.15) is 5.82 Å². The van der Waals surface area contributed by atoms with Crippen molar-refractivity contribution in [2.75, 3.05) is 13.1 Å². The molecule has 0 bridgehead atoms. The summed E-state index contributed by atoms with van der Waals surface area (Å²) in [5, 5.41) is 3.91. The van der Waals surface area contributed by atoms with Gasteiger partial charge in [-0.15, -0.1) is 0 Å². The lowest BCUT2D eigenvalue weighted by atomic mass is 9.89. The number of hydrogen-bond donors (Lipinski definition) is 0. The number of piperidine rings is 1. The van der Waals surface area contributed by atoms with Crippen LogP contribution in [-0.2, 0) is 0 Å². The zero-order valence-electron chi connectivity index (χ0n) is 14.4. The first-order chi connectivity index (χ1) is 12.0. The average Bonchev–Trinajstić information content (AvgIpc) is 3.11. The summed E-state index contributed by atoms with van der Waals surface area (Å²) in [7, 11) is 0. The summed E-state index contributed by atoms with van der Waals surface area (Å²) in [5.74, 6) is -1.10. The van der Waals surface area contributed by atoms with Crippen LogP contribution in [0.15, 0.2) is 34.9 Å². The maximum Gasteiger partial charge on any atom is 0.292 e. The van der Waals surface area contributed by atoms with Crippen molar-refractivity contribution in [3.05, 3.63) is 53.2 Å². The second-order valence-corrected chi connectivity index (χ2v) is 6.71. The van der Waals surface area contributed by atoms with Gasteiger partial charge in [-0.05, 0) is 30.9 Å². The van der Waals surface area contributed by atoms with Crippen molar-refractivity contribution in [1.29, 1.82) is 0 Å². The molecule has 0 aliphatic carbocycles. The van der Waals surface area contributed by atoms with E-state index in [1.54, 1.807) is 23.1 Å². The Morgan fingerprint density at radius 3 is 2.76 bits per heavy atom. The third kappa shape index (κ3) is 3.62. The summed E-state index contributed by atoms with van der Waals surface area (Å²) in [6.07, 6.45) is 1.34. The average molecular weight is 344 g/mol. The molecule has 25 heavy (non-hydrogen) atoms. The van der Waals surface area contributed by atoms with Crippen LogP contribution < -0.4 is 0 Å². The number of carbonyl (C=O) groups is 2. The maximum absolute atomic E-state index is 13.9. The lowest BCUT2D eigenvalue weighted by Gasteiger charge is -2.31. The van der Waals surface area contributed by atoms with Crippen molar-refractivity contribution in [3.8, 4) is 0 Å². The van der Waals surface area contributed by atoms with Gasteiger partial charge in [0, 0.05) is 25.1 Å². The standard InChI is InChI=1S/C19H21FN2O3/c1-12(2)16-10-17(25-21-16)19(24)22-9-5-6-13(11-22)18(23)14-7-3-4-8-15(14)20/h3-4,7-8,10,12-13H,5-6,9,11H2,1-2H3. The number of likely N-dealkylation sites (tertiary alicyclic amines) is 1. The Balaban J connectivity index is 1.73. The van der Waals surface area contributed by atoms with Gasteiger partial charge < -0.3 is 9.42 Å². The molecule has 2 heterocycles. The van der Waals surface area contributed by atoms with Crippen LogP contribution in [0.4, 0.5) is 4.39 Å². The summed E-state index contributed by atoms with van der Waals surface area (Å²) in [6.45, 7) is 4.76. The Morgan fingerprint density at radius 2 is 2.08 bits per heavy atom. The number of ketones is 1. The SMILES string of the molecule is CC(C)c1cc(C(=O)N2CCCC(C(=O)c3ccccc3F)C2)on1. The monoisotopic (exact) mass is 344 g/mol. The molecule has 0 radical (unpaired) electrons. The Hall–Kier alpha value is -2.50. The highest BCUT2D eigenvalue weighted by atomic mass is 19.1. The van der Waals surface area contributed by atoms with Crippen LogP contribution in [0.25, 0.3) is 0 Å². The minimum Gasteiger partial charge on any atom is -0.351 e. The number of hydrogen-bond acceptors (Lipinski definition) is 4. The van der Waals surface area contributed by atoms with Crippen molar-refractivity contribution >= 4 is 11.7 Å². The van der Waals surface area contributed by atoms with Crippen molar-refractivity contribution in [2.45, 2.75) is 32.6 Å². The van der Waals surface area contributed by atoms with Crippen molar-refractivity contribution in [3.63, 3.8) is 0 Å². The summed E-state index contributed by atoms with van der Waals surface area (Å²) in [6, 6.07) is 7.61. The minimum atomic E-state index is -0.521. The molecule has 1 aromatic heterocycles. The predicted octanol–water partition coefficient (Wildman–Crippen LogP) is 3.67. The van der Waals surface area contributed by atoms with E-state index in [2.05, 4.69) is 5.16 Å². The van der Waals surface area contributed by atoms with Crippen LogP contribution in [0.5, 0.6) is 0 Å². The smallest absolute Gasteiger partial charge is 0.292 e. The quantitative estimate of drug-likeness (QED) is 0.794. The van der Waals surface area contributed by atoms with E-state index in [1.165, 1.54) is 12.1 Å². The number of Topliss-reactive ketones (excluding diaryl/α,β-unsaturated/α-hetero) is 1. The molecule has 2 aromatic rings. The number of aromatic nitrogens is 1. The zero-order chi connectivity index (χ0) is 18.0. The van der Waals surface area contributed by atoms with Crippen molar-refractivity contribution in [1.82, 2.24) is 10.1 Å². The topological polar surface area (TPSA) is 63.4 Å². The first kappa shape index (κ1) is 17.3. The van der Waals surface area contributed by atoms with Crippen LogP contribution in [0.1, 0.15) is 59.2 Å². The molecule has 0 saturated carbocycles. The molecule has 1 unspecified atom stereocenters. The van der Waals surface area contributed by atoms with E-state index >= 15 is 0 Å². The molecule has 1 saturated heterocycles. The minimum absolute atomic E-state index is 0.0866. The van der Waals surface area contributed by atoms with Gasteiger partial charge in [0.2, 0.25) is 5.76 Å². The first-order valence-corrected chi connectivity index (χ1v) is 8.52. The molecule has 6 heteroatoms. The molecule has 0 N–H and O–H groups in total. The van der Waals surface area contributed by atoms with E-state index in [9.17, 15) is 14.0 Å². The Kier molecular flexibility index (Phi) is 4.97. The fourth-order valence-corrected chi connectivity index (χ4v) is 3.07. The second kappa shape index (κ2) is 7.17. The molecule has 5 nitrogen and oxygen atoms in total. The highest BCUT2D eigenvalue weighted by molar-refractivity contribution is 5.99. The summed E-state index contributed by atoms with van der Waals surface area (Å²) >= 11 is 0. The fourth-order valence-electron chi connectivity index (χ4n) is 3.07.